The number of aromatic nitrogens is 3. The van der Waals surface area contributed by atoms with Gasteiger partial charge in [0.05, 0.1) is 48.1 Å². The lowest BCUT2D eigenvalue weighted by molar-refractivity contribution is 0.0573. The topological polar surface area (TPSA) is 56.6 Å². The number of benzene rings is 2. The number of ether oxygens (including phenoxy) is 1. The number of hydrogen-bond acceptors (Lipinski definition) is 3. The zero-order chi connectivity index (χ0) is 25.8. The number of carbonyl (C=O) groups is 1. The van der Waals surface area contributed by atoms with E-state index in [1.807, 2.05) is 45.0 Å². The zero-order valence-electron chi connectivity index (χ0n) is 20.7. The summed E-state index contributed by atoms with van der Waals surface area (Å²) in [6.45, 7) is 15.5. The number of carbonyl (C=O) groups excluding carboxylic acids is 1. The molecular formula is C28H26FN5O2. The monoisotopic (exact) mass is 483 g/mol. The maximum Gasteiger partial charge on any atom is 0.414 e. The number of imidazole rings is 1. The molecule has 1 aliphatic heterocycles. The van der Waals surface area contributed by atoms with Crippen molar-refractivity contribution in [1.82, 2.24) is 14.1 Å². The van der Waals surface area contributed by atoms with Gasteiger partial charge in [-0.1, -0.05) is 25.0 Å². The van der Waals surface area contributed by atoms with Crippen LogP contribution in [-0.4, -0.2) is 32.4 Å². The maximum atomic E-state index is 14.9. The van der Waals surface area contributed by atoms with Gasteiger partial charge in [0.25, 0.3) is 0 Å². The van der Waals surface area contributed by atoms with Crippen LogP contribution in [0.2, 0.25) is 0 Å². The number of terminal acetylenes is 1. The predicted molar refractivity (Wildman–Crippen MR) is 139 cm³/mol. The summed E-state index contributed by atoms with van der Waals surface area (Å²) in [7, 11) is 0. The molecule has 1 unspecified atom stereocenters. The lowest BCUT2D eigenvalue weighted by atomic mass is 10.1. The van der Waals surface area contributed by atoms with Crippen molar-refractivity contribution in [1.29, 1.82) is 0 Å². The van der Waals surface area contributed by atoms with E-state index in [-0.39, 0.29) is 23.8 Å². The summed E-state index contributed by atoms with van der Waals surface area (Å²) in [5, 5.41) is 0.927. The third-order valence-corrected chi connectivity index (χ3v) is 6.37. The summed E-state index contributed by atoms with van der Waals surface area (Å²) >= 11 is 0. The van der Waals surface area contributed by atoms with Crippen LogP contribution >= 0.6 is 0 Å². The van der Waals surface area contributed by atoms with Gasteiger partial charge in [0.1, 0.15) is 16.9 Å². The first kappa shape index (κ1) is 23.4. The van der Waals surface area contributed by atoms with Crippen molar-refractivity contribution in [3.63, 3.8) is 0 Å². The summed E-state index contributed by atoms with van der Waals surface area (Å²) in [6.07, 6.45) is 6.04. The van der Waals surface area contributed by atoms with E-state index in [1.54, 1.807) is 15.5 Å². The lowest BCUT2D eigenvalue weighted by Gasteiger charge is -2.36. The molecule has 2 aromatic carbocycles. The zero-order valence-corrected chi connectivity index (χ0v) is 20.7. The van der Waals surface area contributed by atoms with E-state index in [0.29, 0.717) is 17.9 Å². The van der Waals surface area contributed by atoms with Crippen LogP contribution in [0.4, 0.5) is 20.6 Å². The molecule has 1 amide bonds. The van der Waals surface area contributed by atoms with Crippen LogP contribution in [0.25, 0.3) is 38.3 Å². The van der Waals surface area contributed by atoms with E-state index in [4.69, 9.17) is 17.7 Å². The summed E-state index contributed by atoms with van der Waals surface area (Å²) in [4.78, 5) is 22.9. The standard InChI is InChI=1S/C28H26FN5O2/c1-7-12-32-22-15-18(30-6)14-20(29)24(22)31-26(32)23-13-17-10-9-11-21-25(17)34(23)19(8-2)16-33(21)27(35)36-28(3,4)5/h1,9-11,13-15,19H,8,12,16H2,2-5H3. The fourth-order valence-corrected chi connectivity index (χ4v) is 4.91. The maximum absolute atomic E-state index is 14.9. The SMILES string of the molecule is [C-]#[N+]c1cc(F)c2nc(-c3cc4cccc5c4n3C(CC)CN5C(=O)OC(C)(C)C)n(CC#C)c2c1. The first-order valence-corrected chi connectivity index (χ1v) is 11.8. The van der Waals surface area contributed by atoms with Gasteiger partial charge in [0.15, 0.2) is 11.5 Å². The summed E-state index contributed by atoms with van der Waals surface area (Å²) in [5.41, 5.74) is 2.64. The van der Waals surface area contributed by atoms with Gasteiger partial charge in [-0.3, -0.25) is 4.90 Å². The van der Waals surface area contributed by atoms with E-state index < -0.39 is 17.5 Å². The largest absolute Gasteiger partial charge is 0.443 e. The van der Waals surface area contributed by atoms with Gasteiger partial charge in [-0.2, -0.15) is 0 Å². The Morgan fingerprint density at radius 2 is 2.11 bits per heavy atom. The molecule has 4 aromatic rings. The van der Waals surface area contributed by atoms with Crippen LogP contribution in [0.5, 0.6) is 0 Å². The Kier molecular flexibility index (Phi) is 5.49. The number of rotatable bonds is 3. The van der Waals surface area contributed by atoms with Crippen LogP contribution in [0.3, 0.4) is 0 Å². The summed E-state index contributed by atoms with van der Waals surface area (Å²) in [6, 6.07) is 10.5. The Balaban J connectivity index is 1.78. The Hall–Kier alpha value is -4.30. The summed E-state index contributed by atoms with van der Waals surface area (Å²) in [5.74, 6) is 2.60. The van der Waals surface area contributed by atoms with Crippen molar-refractivity contribution in [3.05, 3.63) is 53.6 Å². The quantitative estimate of drug-likeness (QED) is 0.241. The molecular weight excluding hydrogens is 457 g/mol. The third kappa shape index (κ3) is 3.67. The molecule has 182 valence electrons. The molecule has 0 spiro atoms. The molecule has 5 rings (SSSR count). The molecule has 0 N–H and O–H groups in total. The minimum absolute atomic E-state index is 0.0670. The average Bonchev–Trinajstić information content (AvgIpc) is 3.39. The van der Waals surface area contributed by atoms with Gasteiger partial charge in [-0.25, -0.2) is 19.0 Å². The minimum atomic E-state index is -0.619. The van der Waals surface area contributed by atoms with E-state index in [2.05, 4.69) is 27.2 Å². The highest BCUT2D eigenvalue weighted by atomic mass is 19.1. The summed E-state index contributed by atoms with van der Waals surface area (Å²) < 4.78 is 24.6. The van der Waals surface area contributed by atoms with Crippen LogP contribution in [0, 0.1) is 24.7 Å². The lowest BCUT2D eigenvalue weighted by Crippen LogP contribution is -2.42. The van der Waals surface area contributed by atoms with Crippen molar-refractivity contribution in [2.75, 3.05) is 11.4 Å². The highest BCUT2D eigenvalue weighted by molar-refractivity contribution is 6.03. The van der Waals surface area contributed by atoms with Gasteiger partial charge < -0.3 is 13.9 Å². The van der Waals surface area contributed by atoms with E-state index >= 15 is 0 Å². The van der Waals surface area contributed by atoms with Crippen LogP contribution < -0.4 is 4.90 Å². The fraction of sp³-hybridized carbons (Fsp3) is 0.321. The highest BCUT2D eigenvalue weighted by Gasteiger charge is 2.34. The number of halogens is 1. The number of amides is 1. The first-order chi connectivity index (χ1) is 17.2. The van der Waals surface area contributed by atoms with Gasteiger partial charge in [-0.15, -0.1) is 6.42 Å². The van der Waals surface area contributed by atoms with Gasteiger partial charge >= 0.3 is 6.09 Å². The van der Waals surface area contributed by atoms with Crippen molar-refractivity contribution in [2.45, 2.75) is 52.3 Å². The molecule has 7 nitrogen and oxygen atoms in total. The van der Waals surface area contributed by atoms with Gasteiger partial charge in [-0.05, 0) is 51.5 Å². The van der Waals surface area contributed by atoms with E-state index in [9.17, 15) is 9.18 Å². The van der Waals surface area contributed by atoms with E-state index in [0.717, 1.165) is 28.7 Å². The Morgan fingerprint density at radius 1 is 1.33 bits per heavy atom. The molecule has 0 radical (unpaired) electrons. The van der Waals surface area contributed by atoms with Gasteiger partial charge in [0.2, 0.25) is 0 Å². The molecule has 0 saturated carbocycles. The smallest absolute Gasteiger partial charge is 0.414 e. The van der Waals surface area contributed by atoms with Crippen molar-refractivity contribution >= 4 is 39.4 Å². The molecule has 0 saturated heterocycles. The molecule has 0 aliphatic carbocycles. The van der Waals surface area contributed by atoms with Crippen molar-refractivity contribution < 1.29 is 13.9 Å². The number of hydrogen-bond donors (Lipinski definition) is 0. The van der Waals surface area contributed by atoms with Gasteiger partial charge in [0, 0.05) is 5.39 Å². The van der Waals surface area contributed by atoms with Crippen LogP contribution in [0.15, 0.2) is 36.4 Å². The number of fused-ring (bicyclic) bond motifs is 1. The third-order valence-electron chi connectivity index (χ3n) is 6.37. The molecule has 2 aromatic heterocycles. The van der Waals surface area contributed by atoms with Crippen molar-refractivity contribution in [2.24, 2.45) is 0 Å². The Bertz CT molecular complexity index is 1610. The predicted octanol–water partition coefficient (Wildman–Crippen LogP) is 6.69. The number of anilines is 1. The van der Waals surface area contributed by atoms with Crippen LogP contribution in [0.1, 0.15) is 40.2 Å². The highest BCUT2D eigenvalue weighted by Crippen LogP contribution is 2.42. The van der Waals surface area contributed by atoms with E-state index in [1.165, 1.54) is 6.07 Å². The van der Waals surface area contributed by atoms with Crippen LogP contribution in [-0.2, 0) is 11.3 Å². The number of para-hydroxylation sites is 1. The second kappa shape index (κ2) is 8.42. The molecule has 8 heteroatoms. The van der Waals surface area contributed by atoms with Crippen molar-refractivity contribution in [3.8, 4) is 23.9 Å². The fourth-order valence-electron chi connectivity index (χ4n) is 4.91. The Labute approximate surface area is 208 Å². The first-order valence-electron chi connectivity index (χ1n) is 11.8. The normalized spacial score (nSPS) is 15.2. The number of nitrogens with zero attached hydrogens (tertiary/aromatic N) is 5. The molecule has 36 heavy (non-hydrogen) atoms. The molecule has 1 aliphatic rings. The average molecular weight is 484 g/mol. The Morgan fingerprint density at radius 3 is 2.78 bits per heavy atom. The molecule has 3 heterocycles. The second-order valence-electron chi connectivity index (χ2n) is 9.90. The molecule has 1 atom stereocenters. The molecule has 0 fully saturated rings. The molecule has 0 bridgehead atoms. The minimum Gasteiger partial charge on any atom is -0.443 e. The second-order valence-corrected chi connectivity index (χ2v) is 9.90.